The summed E-state index contributed by atoms with van der Waals surface area (Å²) in [4.78, 5) is 24.9. The minimum absolute atomic E-state index is 0.0680. The summed E-state index contributed by atoms with van der Waals surface area (Å²) in [5.41, 5.74) is 6.24. The molecular formula is C16H23N3O4. The third-order valence-electron chi connectivity index (χ3n) is 3.86. The van der Waals surface area contributed by atoms with Crippen molar-refractivity contribution in [1.29, 1.82) is 0 Å². The lowest BCUT2D eigenvalue weighted by Gasteiger charge is -2.36. The lowest BCUT2D eigenvalue weighted by molar-refractivity contribution is -0.140. The Morgan fingerprint density at radius 1 is 1.26 bits per heavy atom. The van der Waals surface area contributed by atoms with E-state index in [4.69, 9.17) is 10.5 Å². The van der Waals surface area contributed by atoms with Crippen molar-refractivity contribution in [2.75, 3.05) is 26.3 Å². The molecule has 1 amide bonds. The smallest absolute Gasteiger partial charge is 0.321 e. The van der Waals surface area contributed by atoms with E-state index in [9.17, 15) is 14.7 Å². The highest BCUT2D eigenvalue weighted by Crippen LogP contribution is 2.09. The van der Waals surface area contributed by atoms with Gasteiger partial charge in [0.15, 0.2) is 0 Å². The summed E-state index contributed by atoms with van der Waals surface area (Å²) in [5.74, 6) is -1.41. The second-order valence-corrected chi connectivity index (χ2v) is 5.58. The average molecular weight is 321 g/mol. The van der Waals surface area contributed by atoms with E-state index in [1.54, 1.807) is 0 Å². The molecule has 1 saturated heterocycles. The molecule has 4 N–H and O–H groups in total. The molecule has 7 nitrogen and oxygen atoms in total. The molecule has 0 spiro atoms. The van der Waals surface area contributed by atoms with E-state index in [1.807, 2.05) is 35.2 Å². The number of nitrogens with one attached hydrogen (secondary N) is 1. The molecule has 1 aliphatic rings. The second-order valence-electron chi connectivity index (χ2n) is 5.58. The van der Waals surface area contributed by atoms with Crippen LogP contribution in [-0.4, -0.2) is 60.4 Å². The van der Waals surface area contributed by atoms with Gasteiger partial charge in [-0.2, -0.15) is 0 Å². The van der Waals surface area contributed by atoms with E-state index in [0.29, 0.717) is 32.7 Å². The molecule has 0 saturated carbocycles. The Balaban J connectivity index is 2.06. The normalized spacial score (nSPS) is 18.3. The summed E-state index contributed by atoms with van der Waals surface area (Å²) in [6, 6.07) is 8.61. The summed E-state index contributed by atoms with van der Waals surface area (Å²) in [7, 11) is 0. The van der Waals surface area contributed by atoms with Gasteiger partial charge in [0.05, 0.1) is 25.8 Å². The monoisotopic (exact) mass is 321 g/mol. The highest BCUT2D eigenvalue weighted by Gasteiger charge is 2.28. The van der Waals surface area contributed by atoms with Crippen molar-refractivity contribution in [1.82, 2.24) is 10.2 Å². The number of amides is 1. The minimum Gasteiger partial charge on any atom is -0.480 e. The third kappa shape index (κ3) is 5.63. The van der Waals surface area contributed by atoms with Crippen LogP contribution < -0.4 is 11.1 Å². The number of morpholine rings is 1. The molecular weight excluding hydrogens is 298 g/mol. The number of nitrogens with two attached hydrogens (primary N) is 1. The van der Waals surface area contributed by atoms with Gasteiger partial charge in [0, 0.05) is 13.1 Å². The van der Waals surface area contributed by atoms with Gasteiger partial charge in [-0.15, -0.1) is 0 Å². The molecule has 1 aliphatic heterocycles. The quantitative estimate of drug-likeness (QED) is 0.613. The van der Waals surface area contributed by atoms with Crippen LogP contribution in [0, 0.1) is 0 Å². The van der Waals surface area contributed by atoms with E-state index in [2.05, 4.69) is 5.32 Å². The van der Waals surface area contributed by atoms with Crippen LogP contribution >= 0.6 is 0 Å². The number of nitrogens with zero attached hydrogens (tertiary/aromatic N) is 1. The maximum atomic E-state index is 11.6. The number of aliphatic carboxylic acids is 1. The predicted octanol–water partition coefficient (Wildman–Crippen LogP) is -0.194. The van der Waals surface area contributed by atoms with Gasteiger partial charge in [-0.25, -0.2) is 0 Å². The van der Waals surface area contributed by atoms with Gasteiger partial charge >= 0.3 is 5.97 Å². The molecule has 0 radical (unpaired) electrons. The fourth-order valence-electron chi connectivity index (χ4n) is 2.67. The Bertz CT molecular complexity index is 517. The molecule has 126 valence electrons. The topological polar surface area (TPSA) is 105 Å². The summed E-state index contributed by atoms with van der Waals surface area (Å²) in [5, 5.41) is 12.6. The van der Waals surface area contributed by atoms with Crippen molar-refractivity contribution in [2.24, 2.45) is 5.73 Å². The van der Waals surface area contributed by atoms with E-state index in [1.165, 1.54) is 0 Å². The number of hydrogen-bond donors (Lipinski definition) is 3. The van der Waals surface area contributed by atoms with E-state index >= 15 is 0 Å². The molecule has 7 heteroatoms. The van der Waals surface area contributed by atoms with Gasteiger partial charge < -0.3 is 15.6 Å². The Morgan fingerprint density at radius 3 is 2.48 bits per heavy atom. The molecule has 2 rings (SSSR count). The largest absolute Gasteiger partial charge is 0.480 e. The summed E-state index contributed by atoms with van der Waals surface area (Å²) in [6.45, 7) is 2.41. The first-order chi connectivity index (χ1) is 11.1. The number of hydrogen-bond acceptors (Lipinski definition) is 5. The predicted molar refractivity (Wildman–Crippen MR) is 84.7 cm³/mol. The van der Waals surface area contributed by atoms with Crippen molar-refractivity contribution in [2.45, 2.75) is 25.0 Å². The van der Waals surface area contributed by atoms with Gasteiger partial charge in [-0.1, -0.05) is 30.3 Å². The lowest BCUT2D eigenvalue weighted by atomic mass is 10.1. The molecule has 2 atom stereocenters. The fourth-order valence-corrected chi connectivity index (χ4v) is 2.67. The van der Waals surface area contributed by atoms with Crippen LogP contribution in [0.4, 0.5) is 0 Å². The molecule has 1 unspecified atom stereocenters. The van der Waals surface area contributed by atoms with Gasteiger partial charge in [0.2, 0.25) is 5.91 Å². The van der Waals surface area contributed by atoms with Crippen LogP contribution in [0.1, 0.15) is 12.0 Å². The van der Waals surface area contributed by atoms with Crippen LogP contribution in [0.15, 0.2) is 30.3 Å². The van der Waals surface area contributed by atoms with Crippen molar-refractivity contribution in [3.8, 4) is 0 Å². The molecule has 0 aliphatic carbocycles. The van der Waals surface area contributed by atoms with Gasteiger partial charge in [-0.05, 0) is 12.0 Å². The first-order valence-corrected chi connectivity index (χ1v) is 7.69. The number of carboxylic acids is 1. The lowest BCUT2D eigenvalue weighted by Crippen LogP contribution is -2.56. The molecule has 1 aromatic rings. The van der Waals surface area contributed by atoms with E-state index < -0.39 is 24.1 Å². The van der Waals surface area contributed by atoms with Crippen molar-refractivity contribution >= 4 is 11.9 Å². The van der Waals surface area contributed by atoms with Crippen LogP contribution in [0.5, 0.6) is 0 Å². The van der Waals surface area contributed by atoms with Crippen molar-refractivity contribution in [3.63, 3.8) is 0 Å². The Kier molecular flexibility index (Phi) is 6.52. The number of carbonyl (C=O) groups excluding carboxylic acids is 1. The van der Waals surface area contributed by atoms with Crippen LogP contribution in [0.2, 0.25) is 0 Å². The molecule has 1 fully saturated rings. The van der Waals surface area contributed by atoms with Crippen LogP contribution in [-0.2, 0) is 20.7 Å². The SMILES string of the molecule is NC(=O)CC(N[C@@H](Cc1ccccc1)C(=O)O)N1CCOCC1. The maximum Gasteiger partial charge on any atom is 0.321 e. The highest BCUT2D eigenvalue weighted by molar-refractivity contribution is 5.75. The Labute approximate surface area is 135 Å². The molecule has 1 heterocycles. The highest BCUT2D eigenvalue weighted by atomic mass is 16.5. The van der Waals surface area contributed by atoms with Crippen molar-refractivity contribution in [3.05, 3.63) is 35.9 Å². The van der Waals surface area contributed by atoms with Gasteiger partial charge in [0.25, 0.3) is 0 Å². The zero-order chi connectivity index (χ0) is 16.7. The van der Waals surface area contributed by atoms with Gasteiger partial charge in [0.1, 0.15) is 6.04 Å². The number of ether oxygens (including phenoxy) is 1. The molecule has 23 heavy (non-hydrogen) atoms. The molecule has 1 aromatic carbocycles. The summed E-state index contributed by atoms with van der Waals surface area (Å²) < 4.78 is 5.30. The number of benzene rings is 1. The van der Waals surface area contributed by atoms with Crippen molar-refractivity contribution < 1.29 is 19.4 Å². The summed E-state index contributed by atoms with van der Waals surface area (Å²) >= 11 is 0. The zero-order valence-corrected chi connectivity index (χ0v) is 13.0. The van der Waals surface area contributed by atoms with Crippen LogP contribution in [0.3, 0.4) is 0 Å². The average Bonchev–Trinajstić information content (AvgIpc) is 2.54. The Morgan fingerprint density at radius 2 is 1.91 bits per heavy atom. The zero-order valence-electron chi connectivity index (χ0n) is 13.0. The second kappa shape index (κ2) is 8.61. The maximum absolute atomic E-state index is 11.6. The first-order valence-electron chi connectivity index (χ1n) is 7.69. The summed E-state index contributed by atoms with van der Waals surface area (Å²) in [6.07, 6.45) is 0.00940. The number of carboxylic acid groups (broad SMARTS) is 1. The molecule has 0 aromatic heterocycles. The standard InChI is InChI=1S/C16H23N3O4/c17-14(20)11-15(19-6-8-23-9-7-19)18-13(16(21)22)10-12-4-2-1-3-5-12/h1-5,13,15,18H,6-11H2,(H2,17,20)(H,21,22)/t13-,15?/m0/s1. The molecule has 0 bridgehead atoms. The number of carbonyl (C=O) groups is 2. The van der Waals surface area contributed by atoms with Crippen LogP contribution in [0.25, 0.3) is 0 Å². The Hall–Kier alpha value is -1.96. The number of rotatable bonds is 8. The fraction of sp³-hybridized carbons (Fsp3) is 0.500. The third-order valence-corrected chi connectivity index (χ3v) is 3.86. The van der Waals surface area contributed by atoms with E-state index in [-0.39, 0.29) is 6.42 Å². The van der Waals surface area contributed by atoms with Gasteiger partial charge in [-0.3, -0.25) is 19.8 Å². The first kappa shape index (κ1) is 17.4. The minimum atomic E-state index is -0.948. The van der Waals surface area contributed by atoms with E-state index in [0.717, 1.165) is 5.56 Å². The number of primary amides is 1.